The highest BCUT2D eigenvalue weighted by Crippen LogP contribution is 2.41. The van der Waals surface area contributed by atoms with Crippen LogP contribution in [0.15, 0.2) is 49.1 Å². The van der Waals surface area contributed by atoms with Gasteiger partial charge in [0.05, 0.1) is 30.0 Å². The lowest BCUT2D eigenvalue weighted by Gasteiger charge is -2.35. The van der Waals surface area contributed by atoms with Gasteiger partial charge in [0.15, 0.2) is 0 Å². The highest BCUT2D eigenvalue weighted by molar-refractivity contribution is 5.91. The maximum Gasteiger partial charge on any atom is 0.202 e. The summed E-state index contributed by atoms with van der Waals surface area (Å²) in [6.45, 7) is 5.21. The normalized spacial score (nSPS) is 19.2. The molecule has 2 aromatic heterocycles. The Kier molecular flexibility index (Phi) is 5.71. The molecular formula is C24H30N6O2. The van der Waals surface area contributed by atoms with Gasteiger partial charge < -0.3 is 25.0 Å². The minimum Gasteiger partial charge on any atom is -0.472 e. The Hall–Kier alpha value is -3.10. The maximum absolute atomic E-state index is 6.19. The van der Waals surface area contributed by atoms with E-state index in [1.807, 2.05) is 30.1 Å². The number of aromatic nitrogens is 3. The van der Waals surface area contributed by atoms with Gasteiger partial charge in [-0.3, -0.25) is 9.67 Å². The molecule has 1 aromatic carbocycles. The number of methoxy groups -OCH3 is 1. The number of hydrogen-bond acceptors (Lipinski definition) is 7. The average Bonchev–Trinajstić information content (AvgIpc) is 3.44. The van der Waals surface area contributed by atoms with Gasteiger partial charge in [0, 0.05) is 61.5 Å². The number of pyridine rings is 1. The fraction of sp³-hybridized carbons (Fsp3) is 0.417. The summed E-state index contributed by atoms with van der Waals surface area (Å²) in [4.78, 5) is 8.96. The number of nitrogens with two attached hydrogens (primary N) is 1. The van der Waals surface area contributed by atoms with Crippen molar-refractivity contribution in [2.45, 2.75) is 38.6 Å². The van der Waals surface area contributed by atoms with Crippen LogP contribution in [-0.4, -0.2) is 47.6 Å². The van der Waals surface area contributed by atoms with Crippen molar-refractivity contribution in [1.29, 1.82) is 0 Å². The average molecular weight is 435 g/mol. The zero-order valence-corrected chi connectivity index (χ0v) is 18.6. The van der Waals surface area contributed by atoms with Crippen LogP contribution in [0.25, 0.3) is 10.9 Å². The van der Waals surface area contributed by atoms with Gasteiger partial charge in [-0.25, -0.2) is 0 Å². The summed E-state index contributed by atoms with van der Waals surface area (Å²) in [5, 5.41) is 5.88. The molecule has 5 rings (SSSR count). The van der Waals surface area contributed by atoms with E-state index in [1.165, 1.54) is 0 Å². The monoisotopic (exact) mass is 434 g/mol. The van der Waals surface area contributed by atoms with Gasteiger partial charge in [0.2, 0.25) is 6.23 Å². The van der Waals surface area contributed by atoms with Gasteiger partial charge in [0.25, 0.3) is 0 Å². The quantitative estimate of drug-likeness (QED) is 0.637. The van der Waals surface area contributed by atoms with E-state index in [4.69, 9.17) is 20.3 Å². The topological polar surface area (TPSA) is 81.7 Å². The summed E-state index contributed by atoms with van der Waals surface area (Å²) in [5.41, 5.74) is 11.5. The molecule has 0 amide bonds. The first-order valence-corrected chi connectivity index (χ1v) is 11.2. The van der Waals surface area contributed by atoms with Crippen LogP contribution in [-0.2, 0) is 16.0 Å². The Bertz CT molecular complexity index is 1120. The minimum absolute atomic E-state index is 0.233. The van der Waals surface area contributed by atoms with E-state index in [0.717, 1.165) is 66.0 Å². The Balaban J connectivity index is 1.57. The maximum atomic E-state index is 6.19. The van der Waals surface area contributed by atoms with Crippen molar-refractivity contribution in [3.63, 3.8) is 0 Å². The number of anilines is 2. The summed E-state index contributed by atoms with van der Waals surface area (Å²) >= 11 is 0. The molecule has 1 unspecified atom stereocenters. The summed E-state index contributed by atoms with van der Waals surface area (Å²) in [6.07, 6.45) is 9.43. The molecule has 1 saturated heterocycles. The largest absolute Gasteiger partial charge is 0.472 e. The first kappa shape index (κ1) is 20.8. The minimum atomic E-state index is -0.233. The predicted molar refractivity (Wildman–Crippen MR) is 125 cm³/mol. The number of piperidine rings is 1. The summed E-state index contributed by atoms with van der Waals surface area (Å²) in [5.74, 6) is 0. The van der Waals surface area contributed by atoms with Gasteiger partial charge in [-0.1, -0.05) is 0 Å². The molecule has 2 N–H and O–H groups in total. The molecule has 0 aliphatic carbocycles. The molecule has 0 radical (unpaired) electrons. The number of ether oxygens (including phenoxy) is 2. The van der Waals surface area contributed by atoms with E-state index >= 15 is 0 Å². The van der Waals surface area contributed by atoms with Crippen LogP contribution < -0.4 is 15.5 Å². The van der Waals surface area contributed by atoms with Crippen LogP contribution in [0.1, 0.15) is 30.3 Å². The fourth-order valence-electron chi connectivity index (χ4n) is 4.49. The first-order chi connectivity index (χ1) is 15.6. The lowest BCUT2D eigenvalue weighted by atomic mass is 10.0. The van der Waals surface area contributed by atoms with E-state index in [2.05, 4.69) is 39.2 Å². The van der Waals surface area contributed by atoms with E-state index in [1.54, 1.807) is 13.4 Å². The summed E-state index contributed by atoms with van der Waals surface area (Å²) in [6, 6.07) is 8.78. The molecule has 1 atom stereocenters. The van der Waals surface area contributed by atoms with Gasteiger partial charge in [-0.2, -0.15) is 5.10 Å². The summed E-state index contributed by atoms with van der Waals surface area (Å²) in [7, 11) is 1.71. The Morgan fingerprint density at radius 3 is 2.81 bits per heavy atom. The van der Waals surface area contributed by atoms with Crippen LogP contribution in [0, 0.1) is 6.92 Å². The van der Waals surface area contributed by atoms with Crippen molar-refractivity contribution < 1.29 is 9.47 Å². The lowest BCUT2D eigenvalue weighted by Crippen LogP contribution is -2.40. The molecule has 168 valence electrons. The third-order valence-corrected chi connectivity index (χ3v) is 6.22. The Labute approximate surface area is 188 Å². The lowest BCUT2D eigenvalue weighted by molar-refractivity contribution is 0.174. The van der Waals surface area contributed by atoms with Crippen LogP contribution in [0.2, 0.25) is 0 Å². The Morgan fingerprint density at radius 1 is 1.19 bits per heavy atom. The van der Waals surface area contributed by atoms with Gasteiger partial charge in [-0.05, 0) is 44.0 Å². The van der Waals surface area contributed by atoms with Gasteiger partial charge in [0.1, 0.15) is 6.26 Å². The SMILES string of the molecule is COCCn1cc2cc(N3C=COC3c3ccnc(C)c3)c(N3CCC(N)CC3)cc2n1. The molecule has 2 aliphatic rings. The smallest absolute Gasteiger partial charge is 0.202 e. The zero-order chi connectivity index (χ0) is 22.1. The van der Waals surface area contributed by atoms with E-state index < -0.39 is 0 Å². The second kappa shape index (κ2) is 8.80. The number of nitrogens with zero attached hydrogens (tertiary/aromatic N) is 5. The molecule has 0 spiro atoms. The fourth-order valence-corrected chi connectivity index (χ4v) is 4.49. The van der Waals surface area contributed by atoms with Crippen molar-refractivity contribution >= 4 is 22.3 Å². The molecule has 8 heteroatoms. The molecule has 4 heterocycles. The second-order valence-electron chi connectivity index (χ2n) is 8.52. The van der Waals surface area contributed by atoms with Gasteiger partial charge >= 0.3 is 0 Å². The van der Waals surface area contributed by atoms with Crippen molar-refractivity contribution in [2.75, 3.05) is 36.6 Å². The Morgan fingerprint density at radius 2 is 2.03 bits per heavy atom. The van der Waals surface area contributed by atoms with Crippen LogP contribution >= 0.6 is 0 Å². The number of fused-ring (bicyclic) bond motifs is 1. The number of rotatable bonds is 6. The molecule has 8 nitrogen and oxygen atoms in total. The van der Waals surface area contributed by atoms with Crippen molar-refractivity contribution in [3.05, 3.63) is 60.4 Å². The van der Waals surface area contributed by atoms with E-state index in [9.17, 15) is 0 Å². The highest BCUT2D eigenvalue weighted by Gasteiger charge is 2.29. The third-order valence-electron chi connectivity index (χ3n) is 6.22. The number of benzene rings is 1. The molecule has 32 heavy (non-hydrogen) atoms. The number of aryl methyl sites for hydroxylation is 1. The van der Waals surface area contributed by atoms with E-state index in [-0.39, 0.29) is 12.3 Å². The van der Waals surface area contributed by atoms with Crippen molar-refractivity contribution in [3.8, 4) is 0 Å². The number of hydrogen-bond donors (Lipinski definition) is 1. The van der Waals surface area contributed by atoms with Crippen LogP contribution in [0.4, 0.5) is 11.4 Å². The second-order valence-corrected chi connectivity index (χ2v) is 8.52. The van der Waals surface area contributed by atoms with Crippen LogP contribution in [0.3, 0.4) is 0 Å². The molecule has 0 bridgehead atoms. The molecule has 1 fully saturated rings. The zero-order valence-electron chi connectivity index (χ0n) is 18.6. The van der Waals surface area contributed by atoms with Crippen molar-refractivity contribution in [2.24, 2.45) is 5.73 Å². The first-order valence-electron chi connectivity index (χ1n) is 11.2. The predicted octanol–water partition coefficient (Wildman–Crippen LogP) is 3.32. The van der Waals surface area contributed by atoms with Gasteiger partial charge in [-0.15, -0.1) is 0 Å². The third kappa shape index (κ3) is 4.03. The molecule has 3 aromatic rings. The standard InChI is InChI=1S/C24H30N6O2/c1-17-13-18(3-6-26-17)24-30(10-12-32-24)23-14-19-16-29(9-11-31-2)27-21(19)15-22(23)28-7-4-20(25)5-8-28/h3,6,10,12-16,20,24H,4-5,7-9,11,25H2,1-2H3. The van der Waals surface area contributed by atoms with E-state index in [0.29, 0.717) is 6.61 Å². The summed E-state index contributed by atoms with van der Waals surface area (Å²) < 4.78 is 13.2. The highest BCUT2D eigenvalue weighted by atomic mass is 16.5. The molecular weight excluding hydrogens is 404 g/mol. The van der Waals surface area contributed by atoms with Crippen molar-refractivity contribution in [1.82, 2.24) is 14.8 Å². The molecule has 2 aliphatic heterocycles. The van der Waals surface area contributed by atoms with Crippen LogP contribution in [0.5, 0.6) is 0 Å². The molecule has 0 saturated carbocycles.